The number of H-pyrrole nitrogens is 2. The molecule has 2 aromatic heterocycles. The number of hydrogen-bond donors (Lipinski definition) is 6. The molecule has 2 saturated heterocycles. The SMILES string of the molecule is CC(C)(C)N(C(=O)O)[C@@H](C(=O)N1CCC[C@@]1(C(N)=O)c1ccc2[nH]c(-c3cc4cc([C@]5(C(N)=O)CCCN5C(=O)[C@@H](c5ccccc5)N(C(=O)O)C(C)(C)C)ccc4[nH]3)cc2c1)c1ccccc1. The highest BCUT2D eigenvalue weighted by atomic mass is 16.4. The maximum absolute atomic E-state index is 14.9. The lowest BCUT2D eigenvalue weighted by molar-refractivity contribution is -0.149. The topological polar surface area (TPSA) is 239 Å². The van der Waals surface area contributed by atoms with Crippen molar-refractivity contribution in [2.75, 3.05) is 13.1 Å². The fourth-order valence-electron chi connectivity index (χ4n) is 10.6. The second-order valence-corrected chi connectivity index (χ2v) is 19.9. The molecule has 16 heteroatoms. The molecule has 6 amide bonds. The van der Waals surface area contributed by atoms with Gasteiger partial charge < -0.3 is 41.4 Å². The zero-order valence-corrected chi connectivity index (χ0v) is 39.1. The van der Waals surface area contributed by atoms with Crippen molar-refractivity contribution in [3.8, 4) is 11.4 Å². The van der Waals surface area contributed by atoms with E-state index in [0.29, 0.717) is 46.5 Å². The van der Waals surface area contributed by atoms with E-state index >= 15 is 0 Å². The van der Waals surface area contributed by atoms with Crippen molar-refractivity contribution in [3.63, 3.8) is 0 Å². The zero-order valence-electron chi connectivity index (χ0n) is 39.1. The van der Waals surface area contributed by atoms with E-state index in [2.05, 4.69) is 9.97 Å². The highest BCUT2D eigenvalue weighted by Gasteiger charge is 2.55. The Bertz CT molecular complexity index is 2750. The maximum Gasteiger partial charge on any atom is 0.408 e. The summed E-state index contributed by atoms with van der Waals surface area (Å²) in [5.41, 5.74) is 12.2. The quantitative estimate of drug-likeness (QED) is 0.0743. The van der Waals surface area contributed by atoms with E-state index in [0.717, 1.165) is 31.6 Å². The van der Waals surface area contributed by atoms with Gasteiger partial charge in [-0.25, -0.2) is 9.59 Å². The van der Waals surface area contributed by atoms with Crippen LogP contribution in [0.1, 0.15) is 102 Å². The van der Waals surface area contributed by atoms with Gasteiger partial charge in [-0.05, 0) is 126 Å². The van der Waals surface area contributed by atoms with Gasteiger partial charge in [0.05, 0.1) is 11.4 Å². The molecule has 6 aromatic rings. The van der Waals surface area contributed by atoms with E-state index in [9.17, 15) is 39.0 Å². The number of amides is 6. The van der Waals surface area contributed by atoms with Gasteiger partial charge in [-0.15, -0.1) is 0 Å². The third-order valence-electron chi connectivity index (χ3n) is 13.7. The molecule has 4 atom stereocenters. The number of fused-ring (bicyclic) bond motifs is 2. The van der Waals surface area contributed by atoms with Crippen LogP contribution in [0.5, 0.6) is 0 Å². The molecule has 4 aromatic carbocycles. The minimum absolute atomic E-state index is 0.185. The van der Waals surface area contributed by atoms with Crippen LogP contribution in [-0.4, -0.2) is 99.8 Å². The number of primary amides is 2. The number of nitrogens with two attached hydrogens (primary N) is 2. The average molecular weight is 923 g/mol. The van der Waals surface area contributed by atoms with Crippen molar-refractivity contribution >= 4 is 57.6 Å². The van der Waals surface area contributed by atoms with E-state index < -0.39 is 70.1 Å². The van der Waals surface area contributed by atoms with Gasteiger partial charge in [-0.1, -0.05) is 72.8 Å². The van der Waals surface area contributed by atoms with Crippen molar-refractivity contribution in [1.82, 2.24) is 29.6 Å². The summed E-state index contributed by atoms with van der Waals surface area (Å²) in [6.07, 6.45) is -1.16. The second kappa shape index (κ2) is 17.2. The van der Waals surface area contributed by atoms with Gasteiger partial charge in [-0.3, -0.25) is 29.0 Å². The molecule has 8 N–H and O–H groups in total. The number of nitrogens with one attached hydrogen (secondary N) is 2. The van der Waals surface area contributed by atoms with E-state index in [4.69, 9.17) is 11.5 Å². The summed E-state index contributed by atoms with van der Waals surface area (Å²) in [4.78, 5) is 95.2. The molecular weight excluding hydrogens is 865 g/mol. The van der Waals surface area contributed by atoms with Crippen LogP contribution < -0.4 is 11.5 Å². The van der Waals surface area contributed by atoms with E-state index in [1.54, 1.807) is 114 Å². The minimum Gasteiger partial charge on any atom is -0.465 e. The molecule has 0 saturated carbocycles. The number of aromatic amines is 2. The van der Waals surface area contributed by atoms with Crippen molar-refractivity contribution in [2.24, 2.45) is 11.5 Å². The number of nitrogens with zero attached hydrogens (tertiary/aromatic N) is 4. The zero-order chi connectivity index (χ0) is 49.1. The summed E-state index contributed by atoms with van der Waals surface area (Å²) in [7, 11) is 0. The van der Waals surface area contributed by atoms with Crippen LogP contribution in [0.15, 0.2) is 109 Å². The standard InChI is InChI=1S/C52H58N8O8/c1-49(2,3)59(47(65)66)41(31-15-9-7-10-16-31)43(61)57-25-13-23-51(57,45(53)63)35-19-21-37-33(27-35)29-39(55-37)40-30-34-28-36(20-22-38(34)56-40)52(46(54)64)24-14-26-58(52)44(62)42(32-17-11-8-12-18-32)60(48(67)68)50(4,5)6/h7-12,15-22,27-30,41-42,55-56H,13-14,23-26H2,1-6H3,(H2,53,63)(H2,54,64)(H,65,66)(H,67,68)/t41-,42-,51+,52+/m1/s1. The molecule has 2 fully saturated rings. The molecule has 8 rings (SSSR count). The lowest BCUT2D eigenvalue weighted by Gasteiger charge is -2.43. The number of hydrogen-bond acceptors (Lipinski definition) is 6. The number of benzene rings is 4. The summed E-state index contributed by atoms with van der Waals surface area (Å²) < 4.78 is 0. The summed E-state index contributed by atoms with van der Waals surface area (Å²) in [5.74, 6) is -2.56. The number of likely N-dealkylation sites (tertiary alicyclic amines) is 2. The van der Waals surface area contributed by atoms with Crippen molar-refractivity contribution in [1.29, 1.82) is 0 Å². The first-order chi connectivity index (χ1) is 32.1. The molecule has 2 aliphatic rings. The molecule has 2 aliphatic heterocycles. The fraction of sp³-hybridized carbons (Fsp3) is 0.346. The number of aromatic nitrogens is 2. The summed E-state index contributed by atoms with van der Waals surface area (Å²) in [6.45, 7) is 10.7. The van der Waals surface area contributed by atoms with Crippen LogP contribution in [0.3, 0.4) is 0 Å². The van der Waals surface area contributed by atoms with Crippen LogP contribution in [0.2, 0.25) is 0 Å². The fourth-order valence-corrected chi connectivity index (χ4v) is 10.6. The third-order valence-corrected chi connectivity index (χ3v) is 13.7. The van der Waals surface area contributed by atoms with Gasteiger partial charge in [0.2, 0.25) is 11.8 Å². The molecule has 0 unspecified atom stereocenters. The van der Waals surface area contributed by atoms with Crippen LogP contribution >= 0.6 is 0 Å². The number of carbonyl (C=O) groups excluding carboxylic acids is 4. The summed E-state index contributed by atoms with van der Waals surface area (Å²) in [5, 5.41) is 22.4. The first-order valence-electron chi connectivity index (χ1n) is 22.8. The number of carboxylic acid groups (broad SMARTS) is 2. The maximum atomic E-state index is 14.9. The summed E-state index contributed by atoms with van der Waals surface area (Å²) in [6, 6.07) is 29.5. The lowest BCUT2D eigenvalue weighted by atomic mass is 9.84. The average Bonchev–Trinajstić information content (AvgIpc) is 4.10. The highest BCUT2D eigenvalue weighted by molar-refractivity contribution is 5.99. The number of carbonyl (C=O) groups is 6. The van der Waals surface area contributed by atoms with Gasteiger partial charge >= 0.3 is 12.2 Å². The van der Waals surface area contributed by atoms with Gasteiger partial charge in [-0.2, -0.15) is 0 Å². The Labute approximate surface area is 393 Å². The van der Waals surface area contributed by atoms with E-state index in [-0.39, 0.29) is 25.9 Å². The third kappa shape index (κ3) is 7.86. The first kappa shape index (κ1) is 46.9. The van der Waals surface area contributed by atoms with Crippen LogP contribution in [-0.2, 0) is 30.3 Å². The Kier molecular flexibility index (Phi) is 11.9. The Morgan fingerprint density at radius 2 is 0.912 bits per heavy atom. The predicted molar refractivity (Wildman–Crippen MR) is 257 cm³/mol. The van der Waals surface area contributed by atoms with Crippen molar-refractivity contribution < 1.29 is 39.0 Å². The Morgan fingerprint density at radius 1 is 0.559 bits per heavy atom. The lowest BCUT2D eigenvalue weighted by Crippen LogP contribution is -2.58. The molecule has 0 spiro atoms. The first-order valence-corrected chi connectivity index (χ1v) is 22.8. The monoisotopic (exact) mass is 922 g/mol. The van der Waals surface area contributed by atoms with E-state index in [1.807, 2.05) is 36.4 Å². The van der Waals surface area contributed by atoms with Crippen molar-refractivity contribution in [3.05, 3.63) is 131 Å². The van der Waals surface area contributed by atoms with Crippen LogP contribution in [0, 0.1) is 0 Å². The molecule has 0 aliphatic carbocycles. The molecular formula is C52H58N8O8. The van der Waals surface area contributed by atoms with Gasteiger partial charge in [0.15, 0.2) is 0 Å². The van der Waals surface area contributed by atoms with Gasteiger partial charge in [0.25, 0.3) is 11.8 Å². The minimum atomic E-state index is -1.57. The molecule has 0 bridgehead atoms. The molecule has 4 heterocycles. The molecule has 16 nitrogen and oxygen atoms in total. The van der Waals surface area contributed by atoms with Crippen molar-refractivity contribution in [2.45, 2.75) is 101 Å². The highest BCUT2D eigenvalue weighted by Crippen LogP contribution is 2.46. The van der Waals surface area contributed by atoms with E-state index in [1.165, 1.54) is 9.80 Å². The number of rotatable bonds is 11. The Hall–Kier alpha value is -7.62. The Balaban J connectivity index is 1.14. The second-order valence-electron chi connectivity index (χ2n) is 19.9. The molecule has 68 heavy (non-hydrogen) atoms. The van der Waals surface area contributed by atoms with Crippen LogP contribution in [0.4, 0.5) is 9.59 Å². The molecule has 0 radical (unpaired) electrons. The Morgan fingerprint density at radius 3 is 1.22 bits per heavy atom. The largest absolute Gasteiger partial charge is 0.465 e. The molecule has 354 valence electrons. The van der Waals surface area contributed by atoms with Gasteiger partial charge in [0.1, 0.15) is 23.2 Å². The normalized spacial score (nSPS) is 19.5. The summed E-state index contributed by atoms with van der Waals surface area (Å²) >= 11 is 0. The predicted octanol–water partition coefficient (Wildman–Crippen LogP) is 7.96. The van der Waals surface area contributed by atoms with Crippen LogP contribution in [0.25, 0.3) is 33.2 Å². The smallest absolute Gasteiger partial charge is 0.408 e. The van der Waals surface area contributed by atoms with Gasteiger partial charge in [0, 0.05) is 46.0 Å².